The van der Waals surface area contributed by atoms with Gasteiger partial charge in [-0.2, -0.15) is 17.6 Å². The van der Waals surface area contributed by atoms with E-state index in [4.69, 9.17) is 0 Å². The fraction of sp³-hybridized carbons (Fsp3) is 0.306. The van der Waals surface area contributed by atoms with Gasteiger partial charge in [-0.25, -0.2) is 12.2 Å². The van der Waals surface area contributed by atoms with Crippen LogP contribution in [0.15, 0.2) is 97.1 Å². The fourth-order valence-corrected chi connectivity index (χ4v) is 9.20. The number of aryl methyl sites for hydroxylation is 3. The van der Waals surface area contributed by atoms with Crippen LogP contribution < -0.4 is 24.8 Å². The third-order valence-electron chi connectivity index (χ3n) is 12.0. The van der Waals surface area contributed by atoms with E-state index in [0.717, 1.165) is 6.42 Å². The van der Waals surface area contributed by atoms with Crippen molar-refractivity contribution in [2.45, 2.75) is 87.5 Å². The van der Waals surface area contributed by atoms with Crippen molar-refractivity contribution in [3.8, 4) is 11.1 Å². The molecular formula is C49H52Cl2Zr-2. The third-order valence-corrected chi connectivity index (χ3v) is 13.4. The van der Waals surface area contributed by atoms with Crippen LogP contribution in [0.4, 0.5) is 0 Å². The summed E-state index contributed by atoms with van der Waals surface area (Å²) in [4.78, 5) is 0. The van der Waals surface area contributed by atoms with Gasteiger partial charge in [0.25, 0.3) is 0 Å². The van der Waals surface area contributed by atoms with Crippen molar-refractivity contribution >= 4 is 14.0 Å². The van der Waals surface area contributed by atoms with Gasteiger partial charge in [-0.05, 0) is 59.9 Å². The van der Waals surface area contributed by atoms with Gasteiger partial charge in [0.1, 0.15) is 0 Å². The Morgan fingerprint density at radius 3 is 1.77 bits per heavy atom. The molecule has 8 rings (SSSR count). The minimum atomic E-state index is 0. The molecule has 0 amide bonds. The van der Waals surface area contributed by atoms with Crippen LogP contribution in [0.25, 0.3) is 21.9 Å². The zero-order valence-electron chi connectivity index (χ0n) is 32.5. The van der Waals surface area contributed by atoms with Gasteiger partial charge < -0.3 is 24.8 Å². The average molecular weight is 803 g/mol. The number of rotatable bonds is 2. The maximum atomic E-state index is 2.99. The minimum absolute atomic E-state index is 0. The first kappa shape index (κ1) is 41.8. The van der Waals surface area contributed by atoms with E-state index in [9.17, 15) is 0 Å². The smallest absolute Gasteiger partial charge is 0.109 e. The molecule has 268 valence electrons. The van der Waals surface area contributed by atoms with E-state index in [0.29, 0.717) is 23.7 Å². The second-order valence-corrected chi connectivity index (χ2v) is 16.2. The monoisotopic (exact) mass is 800 g/mol. The van der Waals surface area contributed by atoms with Gasteiger partial charge in [0, 0.05) is 0 Å². The molecule has 4 atom stereocenters. The maximum absolute atomic E-state index is 2.99. The molecule has 3 aliphatic carbocycles. The predicted molar refractivity (Wildman–Crippen MR) is 213 cm³/mol. The van der Waals surface area contributed by atoms with E-state index in [1.807, 2.05) is 12.2 Å². The molecule has 3 aliphatic rings. The van der Waals surface area contributed by atoms with Crippen molar-refractivity contribution < 1.29 is 49.0 Å². The van der Waals surface area contributed by atoms with Gasteiger partial charge in [0.2, 0.25) is 0 Å². The molecule has 0 fully saturated rings. The van der Waals surface area contributed by atoms with Crippen LogP contribution in [0.1, 0.15) is 114 Å². The first-order valence-corrected chi connectivity index (χ1v) is 19.6. The topological polar surface area (TPSA) is 0 Å². The molecule has 0 N–H and O–H groups in total. The zero-order chi connectivity index (χ0) is 35.9. The van der Waals surface area contributed by atoms with Gasteiger partial charge in [-0.15, -0.1) is 17.5 Å². The largest absolute Gasteiger partial charge is 1.00 e. The summed E-state index contributed by atoms with van der Waals surface area (Å²) in [5, 5.41) is 2.93. The van der Waals surface area contributed by atoms with Crippen molar-refractivity contribution in [1.29, 1.82) is 0 Å². The molecule has 0 heterocycles. The molecule has 0 saturated heterocycles. The summed E-state index contributed by atoms with van der Waals surface area (Å²) in [6.07, 6.45) is 10.0. The Kier molecular flexibility index (Phi) is 14.0. The molecule has 0 radical (unpaired) electrons. The van der Waals surface area contributed by atoms with Gasteiger partial charge in [-0.3, -0.25) is 6.08 Å². The van der Waals surface area contributed by atoms with E-state index >= 15 is 0 Å². The summed E-state index contributed by atoms with van der Waals surface area (Å²) in [5.74, 6) is 3.94. The third kappa shape index (κ3) is 7.80. The number of allylic oxidation sites excluding steroid dienone is 4. The normalized spacial score (nSPS) is 18.9. The second-order valence-electron chi connectivity index (χ2n) is 15.0. The molecule has 52 heavy (non-hydrogen) atoms. The number of fused-ring (bicyclic) bond motifs is 8. The molecule has 0 saturated carbocycles. The molecule has 0 nitrogen and oxygen atoms in total. The SMILES string of the molecule is Cc1cc2c(c(C)c1C)C(C)c1c3c(c4ccccc4c1-2)C(C)C(C)C(C)[C-]3C.Cc1ccc([C](=[Zr+2])c2ccc(C)cc2)cc1.[C-]1=CC=CC1.[Cl-].[Cl-]. The Morgan fingerprint density at radius 2 is 1.27 bits per heavy atom. The van der Waals surface area contributed by atoms with Crippen LogP contribution in [0.2, 0.25) is 0 Å². The first-order valence-electron chi connectivity index (χ1n) is 18.4. The van der Waals surface area contributed by atoms with Gasteiger partial charge >= 0.3 is 112 Å². The van der Waals surface area contributed by atoms with Crippen LogP contribution in [-0.2, 0) is 24.2 Å². The molecule has 0 aliphatic heterocycles. The van der Waals surface area contributed by atoms with E-state index in [1.54, 1.807) is 28.2 Å². The molecule has 3 heteroatoms. The van der Waals surface area contributed by atoms with Crippen LogP contribution in [0.5, 0.6) is 0 Å². The maximum Gasteiger partial charge on any atom is -0.109 e. The van der Waals surface area contributed by atoms with E-state index in [2.05, 4.69) is 160 Å². The van der Waals surface area contributed by atoms with Crippen molar-refractivity contribution in [1.82, 2.24) is 0 Å². The van der Waals surface area contributed by atoms with E-state index in [-0.39, 0.29) is 24.8 Å². The molecule has 5 aromatic rings. The standard InChI is InChI=1S/C29H33.C15H14.C5H5.2ClH.Zr/c1-14-13-24-25(18(5)15(14)2)21(8)28-27-20(7)17(4)16(3)19(6)26(27)22-11-9-10-12-23(22)29(24)28;1-12-3-7-14(8-4-12)11-15-9-5-13(2)6-10-15;1-2-4-5-3-1;;;/h9-13,16-17,19,21H,1-8H3;3-10H,1-2H3;1-3H,4H2;2*1H;/q-1;;-1;;;+2/p-2. The Morgan fingerprint density at radius 1 is 0.712 bits per heavy atom. The van der Waals surface area contributed by atoms with Crippen molar-refractivity contribution in [3.05, 3.63) is 170 Å². The van der Waals surface area contributed by atoms with Gasteiger partial charge in [0.15, 0.2) is 0 Å². The van der Waals surface area contributed by atoms with Crippen LogP contribution in [0.3, 0.4) is 0 Å². The second kappa shape index (κ2) is 17.5. The average Bonchev–Trinajstić information content (AvgIpc) is 3.80. The number of hydrogen-bond donors (Lipinski definition) is 0. The van der Waals surface area contributed by atoms with Crippen LogP contribution >= 0.6 is 0 Å². The molecule has 5 aromatic carbocycles. The molecule has 0 spiro atoms. The first-order chi connectivity index (χ1) is 23.9. The summed E-state index contributed by atoms with van der Waals surface area (Å²) >= 11 is 1.46. The molecule has 0 aromatic heterocycles. The summed E-state index contributed by atoms with van der Waals surface area (Å²) in [7, 11) is 0. The minimum Gasteiger partial charge on any atom is -1.00 e. The Hall–Kier alpha value is -2.96. The predicted octanol–water partition coefficient (Wildman–Crippen LogP) is 6.96. The van der Waals surface area contributed by atoms with Crippen molar-refractivity contribution in [2.75, 3.05) is 0 Å². The van der Waals surface area contributed by atoms with Crippen LogP contribution in [-0.4, -0.2) is 3.21 Å². The number of benzene rings is 5. The summed E-state index contributed by atoms with van der Waals surface area (Å²) in [6.45, 7) is 23.3. The fourth-order valence-electron chi connectivity index (χ4n) is 8.38. The summed E-state index contributed by atoms with van der Waals surface area (Å²) in [6, 6.07) is 29.2. The van der Waals surface area contributed by atoms with Crippen molar-refractivity contribution in [3.63, 3.8) is 0 Å². The summed E-state index contributed by atoms with van der Waals surface area (Å²) in [5.41, 5.74) is 19.0. The zero-order valence-corrected chi connectivity index (χ0v) is 36.5. The number of halogens is 2. The molecular weight excluding hydrogens is 751 g/mol. The van der Waals surface area contributed by atoms with Crippen molar-refractivity contribution in [2.24, 2.45) is 11.8 Å². The Labute approximate surface area is 341 Å². The van der Waals surface area contributed by atoms with Gasteiger partial charge in [0.05, 0.1) is 0 Å². The van der Waals surface area contributed by atoms with E-state index < -0.39 is 0 Å². The molecule has 0 bridgehead atoms. The van der Waals surface area contributed by atoms with Crippen LogP contribution in [0, 0.1) is 58.4 Å². The van der Waals surface area contributed by atoms with E-state index in [1.165, 1.54) is 88.3 Å². The Bertz CT molecular complexity index is 2060. The van der Waals surface area contributed by atoms with Gasteiger partial charge in [-0.1, -0.05) is 93.7 Å². The number of hydrogen-bond acceptors (Lipinski definition) is 0. The Balaban J connectivity index is 0.000000221. The molecule has 4 unspecified atom stereocenters. The summed E-state index contributed by atoms with van der Waals surface area (Å²) < 4.78 is 1.42. The quantitative estimate of drug-likeness (QED) is 0.170.